The molecule has 0 amide bonds. The van der Waals surface area contributed by atoms with Crippen molar-refractivity contribution >= 4 is 0 Å². The van der Waals surface area contributed by atoms with Crippen LogP contribution in [0.25, 0.3) is 0 Å². The molecule has 1 rings (SSSR count). The van der Waals surface area contributed by atoms with Crippen LogP contribution in [0, 0.1) is 0 Å². The first-order valence-electron chi connectivity index (χ1n) is 3.57. The lowest BCUT2D eigenvalue weighted by atomic mass is 10.5. The molecular weight excluding hydrogens is 124 g/mol. The van der Waals surface area contributed by atoms with Gasteiger partial charge in [0.1, 0.15) is 0 Å². The first kappa shape index (κ1) is 7.19. The zero-order valence-electron chi connectivity index (χ0n) is 6.43. The van der Waals surface area contributed by atoms with Gasteiger partial charge in [0.2, 0.25) is 0 Å². The van der Waals surface area contributed by atoms with Gasteiger partial charge in [-0.2, -0.15) is 0 Å². The summed E-state index contributed by atoms with van der Waals surface area (Å²) < 4.78 is 0. The number of nitrogens with one attached hydrogen (secondary N) is 1. The zero-order valence-corrected chi connectivity index (χ0v) is 6.43. The van der Waals surface area contributed by atoms with Crippen molar-refractivity contribution in [1.82, 2.24) is 10.2 Å². The molecule has 0 spiro atoms. The molecule has 1 fully saturated rings. The molecule has 56 valence electrons. The highest BCUT2D eigenvalue weighted by atomic mass is 15.3. The van der Waals surface area contributed by atoms with Crippen LogP contribution < -0.4 is 5.32 Å². The van der Waals surface area contributed by atoms with Crippen molar-refractivity contribution in [3.8, 4) is 0 Å². The summed E-state index contributed by atoms with van der Waals surface area (Å²) in [4.78, 5) is 2.08. The first-order chi connectivity index (χ1) is 4.79. The van der Waals surface area contributed by atoms with Crippen molar-refractivity contribution in [2.45, 2.75) is 18.9 Å². The molecule has 1 N–H and O–H groups in total. The molecule has 1 aliphatic rings. The Morgan fingerprint density at radius 3 is 2.60 bits per heavy atom. The van der Waals surface area contributed by atoms with E-state index in [2.05, 4.69) is 23.4 Å². The molecule has 1 saturated carbocycles. The highest BCUT2D eigenvalue weighted by Crippen LogP contribution is 2.28. The van der Waals surface area contributed by atoms with Crippen LogP contribution in [0.2, 0.25) is 0 Å². The molecule has 0 unspecified atom stereocenters. The van der Waals surface area contributed by atoms with E-state index in [1.54, 1.807) is 0 Å². The Hall–Kier alpha value is -0.920. The van der Waals surface area contributed by atoms with Crippen LogP contribution in [-0.4, -0.2) is 18.0 Å². The van der Waals surface area contributed by atoms with E-state index < -0.39 is 0 Å². The summed E-state index contributed by atoms with van der Waals surface area (Å²) in [6, 6.07) is 0.664. The Bertz CT molecular complexity index is 147. The summed E-state index contributed by atoms with van der Waals surface area (Å²) in [5.41, 5.74) is 0. The van der Waals surface area contributed by atoms with Gasteiger partial charge in [0.15, 0.2) is 0 Å². The summed E-state index contributed by atoms with van der Waals surface area (Å²) in [5.74, 6) is 0.942. The van der Waals surface area contributed by atoms with Crippen molar-refractivity contribution in [3.05, 3.63) is 25.2 Å². The van der Waals surface area contributed by atoms with E-state index in [0.29, 0.717) is 6.04 Å². The van der Waals surface area contributed by atoms with Gasteiger partial charge in [0.05, 0.1) is 5.82 Å². The van der Waals surface area contributed by atoms with Crippen LogP contribution in [0.5, 0.6) is 0 Å². The van der Waals surface area contributed by atoms with Gasteiger partial charge in [-0.05, 0) is 19.0 Å². The van der Waals surface area contributed by atoms with Gasteiger partial charge in [-0.1, -0.05) is 13.2 Å². The van der Waals surface area contributed by atoms with Crippen molar-refractivity contribution in [2.75, 3.05) is 7.05 Å². The Balaban J connectivity index is 2.46. The fourth-order valence-corrected chi connectivity index (χ4v) is 0.961. The Labute approximate surface area is 62.2 Å². The maximum atomic E-state index is 3.85. The van der Waals surface area contributed by atoms with Gasteiger partial charge >= 0.3 is 0 Å². The summed E-state index contributed by atoms with van der Waals surface area (Å²) >= 11 is 0. The largest absolute Gasteiger partial charge is 0.375 e. The lowest BCUT2D eigenvalue weighted by molar-refractivity contribution is 0.430. The van der Waals surface area contributed by atoms with Gasteiger partial charge in [0, 0.05) is 13.1 Å². The fourth-order valence-electron chi connectivity index (χ4n) is 0.961. The van der Waals surface area contributed by atoms with Crippen LogP contribution in [0.15, 0.2) is 25.2 Å². The smallest absolute Gasteiger partial charge is 0.0978 e. The number of hydrogen-bond acceptors (Lipinski definition) is 2. The van der Waals surface area contributed by atoms with Gasteiger partial charge in [-0.3, -0.25) is 0 Å². The van der Waals surface area contributed by atoms with E-state index >= 15 is 0 Å². The molecule has 2 heteroatoms. The molecule has 0 aromatic rings. The van der Waals surface area contributed by atoms with E-state index in [4.69, 9.17) is 0 Å². The Morgan fingerprint density at radius 1 is 1.70 bits per heavy atom. The molecule has 0 aliphatic heterocycles. The molecule has 2 nitrogen and oxygen atoms in total. The zero-order chi connectivity index (χ0) is 7.56. The van der Waals surface area contributed by atoms with Crippen molar-refractivity contribution in [3.63, 3.8) is 0 Å². The molecular formula is C8H14N2. The van der Waals surface area contributed by atoms with Crippen molar-refractivity contribution in [2.24, 2.45) is 0 Å². The average molecular weight is 138 g/mol. The molecule has 0 heterocycles. The molecule has 0 bridgehead atoms. The second-order valence-corrected chi connectivity index (χ2v) is 2.52. The predicted molar refractivity (Wildman–Crippen MR) is 43.3 cm³/mol. The third-order valence-corrected chi connectivity index (χ3v) is 1.74. The summed E-state index contributed by atoms with van der Waals surface area (Å²) in [6.45, 7) is 7.57. The lowest BCUT2D eigenvalue weighted by Gasteiger charge is -2.20. The maximum absolute atomic E-state index is 3.85. The normalized spacial score (nSPS) is 16.1. The standard InChI is InChI=1S/C8H14N2/c1-4-10(7(2)9-3)8-5-6-8/h4,8-9H,1-2,5-6H2,3H3. The second kappa shape index (κ2) is 2.78. The maximum Gasteiger partial charge on any atom is 0.0978 e. The highest BCUT2D eigenvalue weighted by molar-refractivity contribution is 5.03. The van der Waals surface area contributed by atoms with Crippen LogP contribution >= 0.6 is 0 Å². The monoisotopic (exact) mass is 138 g/mol. The second-order valence-electron chi connectivity index (χ2n) is 2.52. The minimum Gasteiger partial charge on any atom is -0.375 e. The summed E-state index contributed by atoms with van der Waals surface area (Å²) in [6.07, 6.45) is 4.37. The average Bonchev–Trinajstić information content (AvgIpc) is 2.73. The van der Waals surface area contributed by atoms with Gasteiger partial charge in [-0.25, -0.2) is 0 Å². The van der Waals surface area contributed by atoms with Crippen LogP contribution in [0.1, 0.15) is 12.8 Å². The molecule has 1 aliphatic carbocycles. The molecule has 0 aromatic heterocycles. The molecule has 0 atom stereocenters. The van der Waals surface area contributed by atoms with Crippen LogP contribution in [-0.2, 0) is 0 Å². The van der Waals surface area contributed by atoms with E-state index in [1.165, 1.54) is 12.8 Å². The van der Waals surface area contributed by atoms with E-state index in [-0.39, 0.29) is 0 Å². The van der Waals surface area contributed by atoms with Gasteiger partial charge in [0.25, 0.3) is 0 Å². The molecule has 10 heavy (non-hydrogen) atoms. The van der Waals surface area contributed by atoms with Crippen molar-refractivity contribution < 1.29 is 0 Å². The van der Waals surface area contributed by atoms with Crippen molar-refractivity contribution in [1.29, 1.82) is 0 Å². The SMILES string of the molecule is C=CN(C(=C)NC)C1CC1. The minimum absolute atomic E-state index is 0.664. The quantitative estimate of drug-likeness (QED) is 0.629. The lowest BCUT2D eigenvalue weighted by Crippen LogP contribution is -2.25. The highest BCUT2D eigenvalue weighted by Gasteiger charge is 2.27. The summed E-state index contributed by atoms with van der Waals surface area (Å²) in [7, 11) is 1.88. The number of hydrogen-bond donors (Lipinski definition) is 1. The van der Waals surface area contributed by atoms with Crippen LogP contribution in [0.3, 0.4) is 0 Å². The third-order valence-electron chi connectivity index (χ3n) is 1.74. The minimum atomic E-state index is 0.664. The topological polar surface area (TPSA) is 15.3 Å². The number of nitrogens with zero attached hydrogens (tertiary/aromatic N) is 1. The number of rotatable bonds is 4. The van der Waals surface area contributed by atoms with E-state index in [9.17, 15) is 0 Å². The Morgan fingerprint density at radius 2 is 2.30 bits per heavy atom. The molecule has 0 saturated heterocycles. The molecule has 0 aromatic carbocycles. The third kappa shape index (κ3) is 1.32. The van der Waals surface area contributed by atoms with Gasteiger partial charge < -0.3 is 10.2 Å². The Kier molecular flexibility index (Phi) is 2.00. The van der Waals surface area contributed by atoms with E-state index in [1.807, 2.05) is 13.2 Å². The summed E-state index contributed by atoms with van der Waals surface area (Å²) in [5, 5.41) is 3.00. The van der Waals surface area contributed by atoms with E-state index in [0.717, 1.165) is 5.82 Å². The molecule has 0 radical (unpaired) electrons. The van der Waals surface area contributed by atoms with Gasteiger partial charge in [-0.15, -0.1) is 0 Å². The van der Waals surface area contributed by atoms with Crippen LogP contribution in [0.4, 0.5) is 0 Å². The first-order valence-corrected chi connectivity index (χ1v) is 3.57. The predicted octanol–water partition coefficient (Wildman–Crippen LogP) is 1.28. The fraction of sp³-hybridized carbons (Fsp3) is 0.500.